The van der Waals surface area contributed by atoms with Crippen LogP contribution in [-0.2, 0) is 6.54 Å². The van der Waals surface area contributed by atoms with Crippen molar-refractivity contribution < 1.29 is 0 Å². The molecule has 0 aliphatic carbocycles. The van der Waals surface area contributed by atoms with Gasteiger partial charge in [-0.25, -0.2) is 15.0 Å². The molecule has 2 aromatic carbocycles. The third-order valence-electron chi connectivity index (χ3n) is 4.75. The van der Waals surface area contributed by atoms with E-state index in [1.807, 2.05) is 49.1 Å². The van der Waals surface area contributed by atoms with E-state index in [0.29, 0.717) is 6.54 Å². The Labute approximate surface area is 172 Å². The summed E-state index contributed by atoms with van der Waals surface area (Å²) >= 11 is 1.64. The predicted molar refractivity (Wildman–Crippen MR) is 118 cm³/mol. The maximum Gasteiger partial charge on any atom is 0.130 e. The average Bonchev–Trinajstić information content (AvgIpc) is 3.43. The minimum absolute atomic E-state index is 0.693. The van der Waals surface area contributed by atoms with E-state index >= 15 is 0 Å². The first kappa shape index (κ1) is 17.6. The maximum atomic E-state index is 4.63. The van der Waals surface area contributed by atoms with Gasteiger partial charge in [-0.1, -0.05) is 18.2 Å². The number of rotatable bonds is 5. The third kappa shape index (κ3) is 3.75. The van der Waals surface area contributed by atoms with Crippen molar-refractivity contribution in [3.63, 3.8) is 0 Å². The quantitative estimate of drug-likeness (QED) is 0.428. The summed E-state index contributed by atoms with van der Waals surface area (Å²) in [7, 11) is 0. The molecule has 3 heterocycles. The summed E-state index contributed by atoms with van der Waals surface area (Å²) in [6.45, 7) is 2.62. The van der Waals surface area contributed by atoms with Crippen LogP contribution in [0, 0.1) is 6.92 Å². The number of nitrogens with zero attached hydrogens (tertiary/aromatic N) is 4. The first-order valence-electron chi connectivity index (χ1n) is 9.40. The van der Waals surface area contributed by atoms with Gasteiger partial charge in [0.05, 0.1) is 21.4 Å². The van der Waals surface area contributed by atoms with Crippen LogP contribution in [0.2, 0.25) is 0 Å². The van der Waals surface area contributed by atoms with Crippen LogP contribution in [0.15, 0.2) is 78.6 Å². The predicted octanol–water partition coefficient (Wildman–Crippen LogP) is 5.46. The van der Waals surface area contributed by atoms with E-state index in [9.17, 15) is 0 Å². The minimum Gasteiger partial charge on any atom is -0.366 e. The van der Waals surface area contributed by atoms with Gasteiger partial charge in [-0.2, -0.15) is 0 Å². The summed E-state index contributed by atoms with van der Waals surface area (Å²) in [5, 5.41) is 3.45. The second-order valence-electron chi connectivity index (χ2n) is 6.83. The Bertz CT molecular complexity index is 1270. The van der Waals surface area contributed by atoms with E-state index < -0.39 is 0 Å². The van der Waals surface area contributed by atoms with E-state index in [0.717, 1.165) is 38.8 Å². The standard InChI is InChI=1S/C23H19N5S/c1-16-26-21(18-7-8-20-22(12-18)29-15-25-20)13-23(27-16)24-14-17-5-4-6-19(11-17)28-9-2-3-10-28/h2-13,15H,14H2,1H3,(H,24,26,27). The summed E-state index contributed by atoms with van der Waals surface area (Å²) < 4.78 is 3.27. The fourth-order valence-corrected chi connectivity index (χ4v) is 4.06. The Morgan fingerprint density at radius 1 is 0.966 bits per heavy atom. The largest absolute Gasteiger partial charge is 0.366 e. The molecule has 6 heteroatoms. The number of hydrogen-bond donors (Lipinski definition) is 1. The molecule has 0 bridgehead atoms. The van der Waals surface area contributed by atoms with Crippen LogP contribution in [0.4, 0.5) is 5.82 Å². The molecule has 5 nitrogen and oxygen atoms in total. The molecule has 5 aromatic rings. The van der Waals surface area contributed by atoms with Crippen molar-refractivity contribution in [2.24, 2.45) is 0 Å². The fraction of sp³-hybridized carbons (Fsp3) is 0.0870. The number of benzene rings is 2. The highest BCUT2D eigenvalue weighted by molar-refractivity contribution is 7.16. The second-order valence-corrected chi connectivity index (χ2v) is 7.72. The van der Waals surface area contributed by atoms with Gasteiger partial charge in [0.2, 0.25) is 0 Å². The van der Waals surface area contributed by atoms with Gasteiger partial charge in [0.15, 0.2) is 0 Å². The minimum atomic E-state index is 0.693. The SMILES string of the molecule is Cc1nc(NCc2cccc(-n3cccc3)c2)cc(-c2ccc3ncsc3c2)n1. The maximum absolute atomic E-state index is 4.63. The van der Waals surface area contributed by atoms with E-state index in [2.05, 4.69) is 61.2 Å². The van der Waals surface area contributed by atoms with Gasteiger partial charge >= 0.3 is 0 Å². The molecule has 0 atom stereocenters. The Morgan fingerprint density at radius 3 is 2.76 bits per heavy atom. The Balaban J connectivity index is 1.39. The lowest BCUT2D eigenvalue weighted by atomic mass is 10.1. The summed E-state index contributed by atoms with van der Waals surface area (Å²) in [6.07, 6.45) is 4.10. The van der Waals surface area contributed by atoms with Crippen molar-refractivity contribution in [3.8, 4) is 16.9 Å². The van der Waals surface area contributed by atoms with Crippen molar-refractivity contribution >= 4 is 27.4 Å². The third-order valence-corrected chi connectivity index (χ3v) is 5.54. The molecule has 0 saturated heterocycles. The molecule has 0 fully saturated rings. The average molecular weight is 398 g/mol. The van der Waals surface area contributed by atoms with Crippen molar-refractivity contribution in [1.82, 2.24) is 19.5 Å². The van der Waals surface area contributed by atoms with Crippen LogP contribution < -0.4 is 5.32 Å². The van der Waals surface area contributed by atoms with Crippen LogP contribution in [0.5, 0.6) is 0 Å². The molecule has 29 heavy (non-hydrogen) atoms. The molecular formula is C23H19N5S. The Kier molecular flexibility index (Phi) is 4.54. The topological polar surface area (TPSA) is 55.6 Å². The highest BCUT2D eigenvalue weighted by atomic mass is 32.1. The molecule has 0 unspecified atom stereocenters. The number of nitrogens with one attached hydrogen (secondary N) is 1. The van der Waals surface area contributed by atoms with Gasteiger partial charge in [-0.3, -0.25) is 0 Å². The monoisotopic (exact) mass is 397 g/mol. The zero-order chi connectivity index (χ0) is 19.6. The van der Waals surface area contributed by atoms with Crippen LogP contribution in [0.25, 0.3) is 27.2 Å². The van der Waals surface area contributed by atoms with Crippen LogP contribution in [-0.4, -0.2) is 19.5 Å². The number of aryl methyl sites for hydroxylation is 1. The molecule has 0 radical (unpaired) electrons. The normalized spacial score (nSPS) is 11.1. The molecule has 3 aromatic heterocycles. The van der Waals surface area contributed by atoms with Gasteiger partial charge in [-0.05, 0) is 48.9 Å². The van der Waals surface area contributed by atoms with Crippen LogP contribution >= 0.6 is 11.3 Å². The Morgan fingerprint density at radius 2 is 1.86 bits per heavy atom. The number of aromatic nitrogens is 4. The molecule has 5 rings (SSSR count). The zero-order valence-electron chi connectivity index (χ0n) is 15.9. The van der Waals surface area contributed by atoms with Gasteiger partial charge in [-0.15, -0.1) is 11.3 Å². The highest BCUT2D eigenvalue weighted by Crippen LogP contribution is 2.26. The van der Waals surface area contributed by atoms with Crippen LogP contribution in [0.3, 0.4) is 0 Å². The molecule has 0 aliphatic rings. The van der Waals surface area contributed by atoms with E-state index in [4.69, 9.17) is 0 Å². The van der Waals surface area contributed by atoms with E-state index in [1.54, 1.807) is 11.3 Å². The smallest absolute Gasteiger partial charge is 0.130 e. The van der Waals surface area contributed by atoms with E-state index in [1.165, 1.54) is 5.56 Å². The fourth-order valence-electron chi connectivity index (χ4n) is 3.35. The molecule has 0 saturated carbocycles. The van der Waals surface area contributed by atoms with Crippen molar-refractivity contribution in [2.75, 3.05) is 5.32 Å². The first-order valence-corrected chi connectivity index (χ1v) is 10.3. The van der Waals surface area contributed by atoms with Crippen molar-refractivity contribution in [3.05, 3.63) is 90.0 Å². The molecule has 0 spiro atoms. The first-order chi connectivity index (χ1) is 14.2. The second kappa shape index (κ2) is 7.48. The number of fused-ring (bicyclic) bond motifs is 1. The van der Waals surface area contributed by atoms with E-state index in [-0.39, 0.29) is 0 Å². The zero-order valence-corrected chi connectivity index (χ0v) is 16.7. The summed E-state index contributed by atoms with van der Waals surface area (Å²) in [4.78, 5) is 13.5. The van der Waals surface area contributed by atoms with Gasteiger partial charge < -0.3 is 9.88 Å². The van der Waals surface area contributed by atoms with Gasteiger partial charge in [0.1, 0.15) is 11.6 Å². The van der Waals surface area contributed by atoms with Gasteiger partial charge in [0.25, 0.3) is 0 Å². The van der Waals surface area contributed by atoms with Crippen molar-refractivity contribution in [2.45, 2.75) is 13.5 Å². The summed E-state index contributed by atoms with van der Waals surface area (Å²) in [5.74, 6) is 1.57. The molecule has 1 N–H and O–H groups in total. The van der Waals surface area contributed by atoms with Crippen molar-refractivity contribution in [1.29, 1.82) is 0 Å². The van der Waals surface area contributed by atoms with Gasteiger partial charge in [0, 0.05) is 36.3 Å². The number of hydrogen-bond acceptors (Lipinski definition) is 5. The number of anilines is 1. The highest BCUT2D eigenvalue weighted by Gasteiger charge is 2.07. The lowest BCUT2D eigenvalue weighted by molar-refractivity contribution is 1.02. The molecule has 0 amide bonds. The number of thiazole rings is 1. The Hall–Kier alpha value is -3.51. The molecule has 0 aliphatic heterocycles. The molecule has 142 valence electrons. The molecular weight excluding hydrogens is 378 g/mol. The van der Waals surface area contributed by atoms with Crippen LogP contribution in [0.1, 0.15) is 11.4 Å². The summed E-state index contributed by atoms with van der Waals surface area (Å²) in [5.41, 5.74) is 7.22. The summed E-state index contributed by atoms with van der Waals surface area (Å²) in [6, 6.07) is 20.8. The lowest BCUT2D eigenvalue weighted by Crippen LogP contribution is -2.04. The lowest BCUT2D eigenvalue weighted by Gasteiger charge is -2.10.